The standard InChI is InChI=1S/C6H10F2IN/c7-6(8)3-5-1-2-10(9)4-5/h5-6H,1-4H2. The summed E-state index contributed by atoms with van der Waals surface area (Å²) in [6, 6.07) is 0. The van der Waals surface area contributed by atoms with E-state index in [0.29, 0.717) is 0 Å². The molecule has 0 aromatic carbocycles. The summed E-state index contributed by atoms with van der Waals surface area (Å²) < 4.78 is 25.7. The van der Waals surface area contributed by atoms with Gasteiger partial charge < -0.3 is 0 Å². The van der Waals surface area contributed by atoms with Crippen LogP contribution in [0, 0.1) is 5.92 Å². The van der Waals surface area contributed by atoms with Gasteiger partial charge in [0.25, 0.3) is 0 Å². The van der Waals surface area contributed by atoms with Crippen LogP contribution in [0.1, 0.15) is 12.8 Å². The Balaban J connectivity index is 2.18. The van der Waals surface area contributed by atoms with Crippen molar-refractivity contribution in [3.63, 3.8) is 0 Å². The van der Waals surface area contributed by atoms with Crippen molar-refractivity contribution in [2.45, 2.75) is 19.3 Å². The summed E-state index contributed by atoms with van der Waals surface area (Å²) in [7, 11) is 0. The van der Waals surface area contributed by atoms with E-state index in [0.717, 1.165) is 19.5 Å². The van der Waals surface area contributed by atoms with Gasteiger partial charge in [0, 0.05) is 42.4 Å². The van der Waals surface area contributed by atoms with Crippen LogP contribution in [0.2, 0.25) is 0 Å². The minimum atomic E-state index is -2.12. The molecule has 10 heavy (non-hydrogen) atoms. The lowest BCUT2D eigenvalue weighted by Crippen LogP contribution is -2.09. The Labute approximate surface area is 73.3 Å². The van der Waals surface area contributed by atoms with Crippen molar-refractivity contribution in [1.29, 1.82) is 0 Å². The van der Waals surface area contributed by atoms with E-state index in [1.165, 1.54) is 0 Å². The fourth-order valence-corrected chi connectivity index (χ4v) is 2.07. The molecule has 1 aliphatic heterocycles. The van der Waals surface area contributed by atoms with Gasteiger partial charge >= 0.3 is 0 Å². The molecule has 0 saturated carbocycles. The number of hydrogen-bond acceptors (Lipinski definition) is 1. The summed E-state index contributed by atoms with van der Waals surface area (Å²) in [6.07, 6.45) is -1.10. The van der Waals surface area contributed by atoms with Crippen LogP contribution < -0.4 is 0 Å². The molecule has 0 aromatic rings. The van der Waals surface area contributed by atoms with E-state index in [4.69, 9.17) is 0 Å². The van der Waals surface area contributed by atoms with Gasteiger partial charge in [0.2, 0.25) is 6.43 Å². The molecule has 1 unspecified atom stereocenters. The Morgan fingerprint density at radius 1 is 1.60 bits per heavy atom. The highest BCUT2D eigenvalue weighted by Crippen LogP contribution is 2.24. The van der Waals surface area contributed by atoms with Crippen molar-refractivity contribution in [1.82, 2.24) is 3.11 Å². The van der Waals surface area contributed by atoms with Gasteiger partial charge in [0.15, 0.2) is 0 Å². The van der Waals surface area contributed by atoms with Crippen LogP contribution in [0.4, 0.5) is 8.78 Å². The first-order valence-corrected chi connectivity index (χ1v) is 4.34. The molecule has 0 N–H and O–H groups in total. The zero-order chi connectivity index (χ0) is 7.56. The zero-order valence-corrected chi connectivity index (χ0v) is 7.72. The summed E-state index contributed by atoms with van der Waals surface area (Å²) in [5.41, 5.74) is 0. The molecule has 4 heteroatoms. The molecule has 1 heterocycles. The second-order valence-corrected chi connectivity index (χ2v) is 4.01. The Kier molecular flexibility index (Phi) is 3.29. The van der Waals surface area contributed by atoms with E-state index in [-0.39, 0.29) is 12.3 Å². The van der Waals surface area contributed by atoms with E-state index in [2.05, 4.69) is 26.0 Å². The number of hydrogen-bond donors (Lipinski definition) is 0. The Hall–Kier alpha value is 0.550. The third-order valence-corrected chi connectivity index (χ3v) is 2.62. The predicted molar refractivity (Wildman–Crippen MR) is 44.3 cm³/mol. The molecule has 1 aliphatic rings. The summed E-state index contributed by atoms with van der Waals surface area (Å²) in [5.74, 6) is 0.233. The molecule has 1 nitrogen and oxygen atoms in total. The highest BCUT2D eigenvalue weighted by Gasteiger charge is 2.23. The minimum absolute atomic E-state index is 0.0828. The van der Waals surface area contributed by atoms with Crippen molar-refractivity contribution in [2.24, 2.45) is 5.92 Å². The minimum Gasteiger partial charge on any atom is -0.247 e. The smallest absolute Gasteiger partial charge is 0.239 e. The van der Waals surface area contributed by atoms with E-state index in [9.17, 15) is 8.78 Å². The van der Waals surface area contributed by atoms with Gasteiger partial charge in [0.1, 0.15) is 0 Å². The van der Waals surface area contributed by atoms with Crippen LogP contribution in [-0.2, 0) is 0 Å². The second-order valence-electron chi connectivity index (χ2n) is 2.65. The summed E-state index contributed by atoms with van der Waals surface area (Å²) >= 11 is 2.18. The Morgan fingerprint density at radius 3 is 2.70 bits per heavy atom. The molecule has 0 aliphatic carbocycles. The average Bonchev–Trinajstić information content (AvgIpc) is 2.13. The van der Waals surface area contributed by atoms with Crippen molar-refractivity contribution in [3.8, 4) is 0 Å². The van der Waals surface area contributed by atoms with Crippen LogP contribution in [0.25, 0.3) is 0 Å². The van der Waals surface area contributed by atoms with Gasteiger partial charge in [-0.2, -0.15) is 0 Å². The van der Waals surface area contributed by atoms with Crippen LogP contribution in [0.15, 0.2) is 0 Å². The van der Waals surface area contributed by atoms with Gasteiger partial charge in [-0.25, -0.2) is 11.9 Å². The van der Waals surface area contributed by atoms with Gasteiger partial charge in [-0.1, -0.05) is 0 Å². The average molecular weight is 261 g/mol. The summed E-state index contributed by atoms with van der Waals surface area (Å²) in [6.45, 7) is 1.81. The highest BCUT2D eigenvalue weighted by molar-refractivity contribution is 14.1. The largest absolute Gasteiger partial charge is 0.247 e. The SMILES string of the molecule is FC(F)CC1CCN(I)C1. The topological polar surface area (TPSA) is 3.24 Å². The molecule has 1 rings (SSSR count). The lowest BCUT2D eigenvalue weighted by Gasteiger charge is -2.07. The molecular formula is C6H10F2IN. The quantitative estimate of drug-likeness (QED) is 0.544. The Morgan fingerprint density at radius 2 is 2.30 bits per heavy atom. The molecule has 0 spiro atoms. The third kappa shape index (κ3) is 2.65. The lowest BCUT2D eigenvalue weighted by atomic mass is 10.1. The molecular weight excluding hydrogens is 251 g/mol. The predicted octanol–water partition coefficient (Wildman–Crippen LogP) is 2.31. The second kappa shape index (κ2) is 3.80. The van der Waals surface area contributed by atoms with E-state index in [1.807, 2.05) is 0 Å². The lowest BCUT2D eigenvalue weighted by molar-refractivity contribution is 0.117. The fraction of sp³-hybridized carbons (Fsp3) is 1.00. The van der Waals surface area contributed by atoms with Crippen molar-refractivity contribution in [3.05, 3.63) is 0 Å². The molecule has 0 bridgehead atoms. The van der Waals surface area contributed by atoms with E-state index >= 15 is 0 Å². The van der Waals surface area contributed by atoms with Gasteiger partial charge in [-0.05, 0) is 12.3 Å². The molecule has 1 atom stereocenters. The third-order valence-electron chi connectivity index (χ3n) is 1.75. The molecule has 60 valence electrons. The monoisotopic (exact) mass is 261 g/mol. The van der Waals surface area contributed by atoms with Gasteiger partial charge in [-0.15, -0.1) is 0 Å². The number of alkyl halides is 2. The highest BCUT2D eigenvalue weighted by atomic mass is 127. The molecule has 0 radical (unpaired) electrons. The Bertz CT molecular complexity index is 110. The first kappa shape index (κ1) is 8.64. The molecule has 1 fully saturated rings. The maximum absolute atomic E-state index is 11.8. The first-order chi connectivity index (χ1) is 4.68. The van der Waals surface area contributed by atoms with Crippen LogP contribution >= 0.6 is 22.9 Å². The molecule has 1 saturated heterocycles. The maximum Gasteiger partial charge on any atom is 0.239 e. The number of nitrogens with zero attached hydrogens (tertiary/aromatic N) is 1. The molecule has 0 amide bonds. The van der Waals surface area contributed by atoms with Crippen molar-refractivity contribution < 1.29 is 8.78 Å². The van der Waals surface area contributed by atoms with Crippen LogP contribution in [0.5, 0.6) is 0 Å². The summed E-state index contributed by atoms with van der Waals surface area (Å²) in [4.78, 5) is 0. The van der Waals surface area contributed by atoms with Crippen LogP contribution in [0.3, 0.4) is 0 Å². The van der Waals surface area contributed by atoms with Gasteiger partial charge in [-0.3, -0.25) is 0 Å². The van der Waals surface area contributed by atoms with Gasteiger partial charge in [0.05, 0.1) is 0 Å². The van der Waals surface area contributed by atoms with E-state index in [1.54, 1.807) is 0 Å². The first-order valence-electron chi connectivity index (χ1n) is 3.37. The normalized spacial score (nSPS) is 28.2. The number of rotatable bonds is 2. The van der Waals surface area contributed by atoms with Crippen LogP contribution in [-0.4, -0.2) is 22.6 Å². The van der Waals surface area contributed by atoms with Crippen molar-refractivity contribution in [2.75, 3.05) is 13.1 Å². The van der Waals surface area contributed by atoms with E-state index < -0.39 is 6.43 Å². The fourth-order valence-electron chi connectivity index (χ4n) is 1.23. The molecule has 0 aromatic heterocycles. The number of halogens is 3. The zero-order valence-electron chi connectivity index (χ0n) is 5.56. The summed E-state index contributed by atoms with van der Waals surface area (Å²) in [5, 5.41) is 0. The van der Waals surface area contributed by atoms with Crippen molar-refractivity contribution >= 4 is 22.9 Å². The maximum atomic E-state index is 11.8.